The van der Waals surface area contributed by atoms with E-state index in [1.165, 1.54) is 4.68 Å². The smallest absolute Gasteiger partial charge is 0.345 e. The van der Waals surface area contributed by atoms with Crippen molar-refractivity contribution in [1.29, 1.82) is 0 Å². The van der Waals surface area contributed by atoms with Crippen molar-refractivity contribution in [2.75, 3.05) is 12.5 Å². The predicted molar refractivity (Wildman–Crippen MR) is 128 cm³/mol. The number of methoxy groups -OCH3 is 1. The highest BCUT2D eigenvalue weighted by Crippen LogP contribution is 2.28. The van der Waals surface area contributed by atoms with Crippen molar-refractivity contribution < 1.29 is 9.47 Å². The third-order valence-electron chi connectivity index (χ3n) is 5.01. The van der Waals surface area contributed by atoms with E-state index in [-0.39, 0.29) is 6.01 Å². The molecule has 0 radical (unpaired) electrons. The van der Waals surface area contributed by atoms with E-state index >= 15 is 0 Å². The fourth-order valence-corrected chi connectivity index (χ4v) is 3.62. The number of hydrogen-bond acceptors (Lipinski definition) is 8. The molecule has 0 fully saturated rings. The van der Waals surface area contributed by atoms with Gasteiger partial charge in [0.25, 0.3) is 0 Å². The number of tetrazole rings is 1. The third kappa shape index (κ3) is 4.36. The summed E-state index contributed by atoms with van der Waals surface area (Å²) >= 11 is 5.42. The van der Waals surface area contributed by atoms with Gasteiger partial charge in [-0.25, -0.2) is 9.77 Å². The van der Waals surface area contributed by atoms with Gasteiger partial charge in [-0.3, -0.25) is 0 Å². The van der Waals surface area contributed by atoms with E-state index in [2.05, 4.69) is 31.1 Å². The highest BCUT2D eigenvalue weighted by Gasteiger charge is 2.14. The zero-order valence-electron chi connectivity index (χ0n) is 18.1. The Labute approximate surface area is 199 Å². The Balaban J connectivity index is 1.35. The van der Waals surface area contributed by atoms with Gasteiger partial charge in [-0.2, -0.15) is 9.78 Å². The molecule has 0 atom stereocenters. The van der Waals surface area contributed by atoms with Gasteiger partial charge in [-0.15, -0.1) is 0 Å². The van der Waals surface area contributed by atoms with Crippen molar-refractivity contribution in [3.05, 3.63) is 89.2 Å². The second-order valence-electron chi connectivity index (χ2n) is 7.18. The summed E-state index contributed by atoms with van der Waals surface area (Å²) < 4.78 is 15.1. The molecular weight excluding hydrogens is 452 g/mol. The first-order valence-corrected chi connectivity index (χ1v) is 10.8. The molecule has 170 valence electrons. The van der Waals surface area contributed by atoms with Crippen molar-refractivity contribution in [3.63, 3.8) is 0 Å². The van der Waals surface area contributed by atoms with E-state index < -0.39 is 0 Å². The molecule has 5 rings (SSSR count). The van der Waals surface area contributed by atoms with Gasteiger partial charge in [0.15, 0.2) is 5.82 Å². The number of aromatic nitrogens is 7. The van der Waals surface area contributed by atoms with Crippen LogP contribution >= 0.6 is 12.2 Å². The lowest BCUT2D eigenvalue weighted by Gasteiger charge is -2.13. The van der Waals surface area contributed by atoms with Crippen LogP contribution in [-0.4, -0.2) is 42.2 Å². The highest BCUT2D eigenvalue weighted by molar-refractivity contribution is 7.71. The van der Waals surface area contributed by atoms with Gasteiger partial charge in [0.1, 0.15) is 11.5 Å². The Morgan fingerprint density at radius 1 is 1.00 bits per heavy atom. The maximum Gasteiger partial charge on any atom is 0.345 e. The fourth-order valence-electron chi connectivity index (χ4n) is 3.42. The summed E-state index contributed by atoms with van der Waals surface area (Å²) in [4.78, 5) is 0. The number of ether oxygens (including phenoxy) is 2. The van der Waals surface area contributed by atoms with Crippen molar-refractivity contribution in [3.8, 4) is 34.6 Å². The molecule has 0 unspecified atom stereocenters. The summed E-state index contributed by atoms with van der Waals surface area (Å²) in [6.45, 7) is 0.469. The molecule has 5 aromatic rings. The molecule has 0 aliphatic rings. The van der Waals surface area contributed by atoms with Crippen LogP contribution in [0.3, 0.4) is 0 Å². The maximum atomic E-state index is 5.97. The average molecular weight is 473 g/mol. The van der Waals surface area contributed by atoms with Crippen LogP contribution in [0.25, 0.3) is 17.1 Å². The zero-order valence-corrected chi connectivity index (χ0v) is 18.9. The number of para-hydroxylation sites is 2. The van der Waals surface area contributed by atoms with Crippen LogP contribution in [0.5, 0.6) is 17.5 Å². The summed E-state index contributed by atoms with van der Waals surface area (Å²) in [5.74, 6) is 1.93. The van der Waals surface area contributed by atoms with Gasteiger partial charge in [0.05, 0.1) is 24.9 Å². The number of nitrogens with zero attached hydrogens (tertiary/aromatic N) is 6. The Morgan fingerprint density at radius 3 is 2.68 bits per heavy atom. The van der Waals surface area contributed by atoms with E-state index in [9.17, 15) is 0 Å². The molecule has 0 spiro atoms. The number of rotatable bonds is 8. The van der Waals surface area contributed by atoms with Gasteiger partial charge in [-0.05, 0) is 64.6 Å². The molecule has 10 nitrogen and oxygen atoms in total. The quantitative estimate of drug-likeness (QED) is 0.325. The lowest BCUT2D eigenvalue weighted by atomic mass is 10.2. The highest BCUT2D eigenvalue weighted by atomic mass is 32.1. The minimum absolute atomic E-state index is 0.270. The molecular formula is C23H20N8O2S. The van der Waals surface area contributed by atoms with Crippen LogP contribution < -0.4 is 14.9 Å². The maximum absolute atomic E-state index is 5.97. The van der Waals surface area contributed by atoms with Crippen LogP contribution in [0.2, 0.25) is 0 Å². The minimum atomic E-state index is 0.270. The van der Waals surface area contributed by atoms with Crippen molar-refractivity contribution in [2.45, 2.75) is 6.54 Å². The second-order valence-corrected chi connectivity index (χ2v) is 7.57. The third-order valence-corrected chi connectivity index (χ3v) is 5.28. The molecule has 0 amide bonds. The molecule has 2 aromatic heterocycles. The predicted octanol–water partition coefficient (Wildman–Crippen LogP) is 4.13. The van der Waals surface area contributed by atoms with Crippen molar-refractivity contribution in [2.24, 2.45) is 0 Å². The van der Waals surface area contributed by atoms with Crippen molar-refractivity contribution in [1.82, 2.24) is 35.1 Å². The fraction of sp³-hybridized carbons (Fsp3) is 0.0870. The van der Waals surface area contributed by atoms with Gasteiger partial charge in [0.2, 0.25) is 4.77 Å². The van der Waals surface area contributed by atoms with Crippen molar-refractivity contribution >= 4 is 12.2 Å². The van der Waals surface area contributed by atoms with Crippen LogP contribution in [0.1, 0.15) is 5.56 Å². The number of nitrogens with one attached hydrogen (secondary N) is 2. The van der Waals surface area contributed by atoms with Crippen LogP contribution in [0, 0.1) is 4.77 Å². The normalized spacial score (nSPS) is 10.7. The standard InChI is InChI=1S/C23H20N8O2S/c1-32-20-13-6-5-12-19(20)21-25-27-23(34)31(21)24-15-16-8-7-11-18(14-16)33-22-26-28-29-30(22)17-9-3-2-4-10-17/h2-14,24H,15H2,1H3,(H,27,34). The van der Waals surface area contributed by atoms with E-state index in [1.807, 2.05) is 78.9 Å². The molecule has 2 N–H and O–H groups in total. The first kappa shape index (κ1) is 21.3. The average Bonchev–Trinajstić information content (AvgIpc) is 3.49. The van der Waals surface area contributed by atoms with Gasteiger partial charge in [-0.1, -0.05) is 47.6 Å². The van der Waals surface area contributed by atoms with E-state index in [4.69, 9.17) is 21.7 Å². The number of aromatic amines is 1. The van der Waals surface area contributed by atoms with E-state index in [0.29, 0.717) is 28.6 Å². The lowest BCUT2D eigenvalue weighted by Crippen LogP contribution is -2.16. The summed E-state index contributed by atoms with van der Waals surface area (Å²) in [7, 11) is 1.62. The summed E-state index contributed by atoms with van der Waals surface area (Å²) in [6.07, 6.45) is 0. The second kappa shape index (κ2) is 9.55. The Kier molecular flexibility index (Phi) is 5.99. The SMILES string of the molecule is COc1ccccc1-c1n[nH]c(=S)n1NCc1cccc(Oc2nnnn2-c2ccccc2)c1. The molecule has 0 bridgehead atoms. The molecule has 0 aliphatic carbocycles. The summed E-state index contributed by atoms with van der Waals surface area (Å²) in [6, 6.07) is 25.1. The van der Waals surface area contributed by atoms with Crippen LogP contribution in [0.4, 0.5) is 0 Å². The van der Waals surface area contributed by atoms with Gasteiger partial charge >= 0.3 is 6.01 Å². The molecule has 34 heavy (non-hydrogen) atoms. The molecule has 3 aromatic carbocycles. The molecule has 11 heteroatoms. The first-order valence-electron chi connectivity index (χ1n) is 10.4. The largest absolute Gasteiger partial charge is 0.496 e. The van der Waals surface area contributed by atoms with Crippen LogP contribution in [-0.2, 0) is 6.54 Å². The minimum Gasteiger partial charge on any atom is -0.496 e. The Morgan fingerprint density at radius 2 is 1.82 bits per heavy atom. The zero-order chi connectivity index (χ0) is 23.3. The summed E-state index contributed by atoms with van der Waals surface area (Å²) in [5, 5.41) is 19.0. The van der Waals surface area contributed by atoms with Gasteiger partial charge < -0.3 is 14.9 Å². The monoisotopic (exact) mass is 472 g/mol. The van der Waals surface area contributed by atoms with Crippen LogP contribution in [0.15, 0.2) is 78.9 Å². The Hall–Kier alpha value is -4.51. The molecule has 0 saturated carbocycles. The summed E-state index contributed by atoms with van der Waals surface area (Å²) in [5.41, 5.74) is 5.90. The number of hydrogen-bond donors (Lipinski definition) is 2. The molecule has 2 heterocycles. The van der Waals surface area contributed by atoms with E-state index in [0.717, 1.165) is 16.8 Å². The Bertz CT molecular complexity index is 1460. The first-order chi connectivity index (χ1) is 16.7. The van der Waals surface area contributed by atoms with Gasteiger partial charge in [0, 0.05) is 0 Å². The molecule has 0 saturated heterocycles. The number of benzene rings is 3. The molecule has 0 aliphatic heterocycles. The topological polar surface area (TPSA) is 108 Å². The van der Waals surface area contributed by atoms with E-state index in [1.54, 1.807) is 11.8 Å². The lowest BCUT2D eigenvalue weighted by molar-refractivity contribution is 0.416. The number of H-pyrrole nitrogens is 1.